The number of piperidine rings is 1. The van der Waals surface area contributed by atoms with Crippen molar-refractivity contribution in [2.75, 3.05) is 19.6 Å². The summed E-state index contributed by atoms with van der Waals surface area (Å²) < 4.78 is 0. The SMILES string of the molecule is OC1CCCN(CCc2ccccn2)C1. The summed E-state index contributed by atoms with van der Waals surface area (Å²) in [5.74, 6) is 0. The Hall–Kier alpha value is -0.930. The molecule has 1 atom stereocenters. The summed E-state index contributed by atoms with van der Waals surface area (Å²) in [6, 6.07) is 6.02. The molecule has 1 saturated heterocycles. The van der Waals surface area contributed by atoms with E-state index < -0.39 is 0 Å². The van der Waals surface area contributed by atoms with Crippen molar-refractivity contribution in [1.82, 2.24) is 9.88 Å². The molecule has 3 heteroatoms. The number of β-amino-alcohol motifs (C(OH)–C–C–N with tert-alkyl or cyclic N) is 1. The van der Waals surface area contributed by atoms with Crippen LogP contribution < -0.4 is 0 Å². The van der Waals surface area contributed by atoms with Crippen molar-refractivity contribution >= 4 is 0 Å². The Bertz CT molecular complexity index is 289. The molecule has 1 aromatic heterocycles. The minimum absolute atomic E-state index is 0.123. The molecular weight excluding hydrogens is 188 g/mol. The Labute approximate surface area is 90.8 Å². The van der Waals surface area contributed by atoms with Gasteiger partial charge in [-0.25, -0.2) is 0 Å². The molecule has 0 amide bonds. The molecule has 82 valence electrons. The molecule has 15 heavy (non-hydrogen) atoms. The summed E-state index contributed by atoms with van der Waals surface area (Å²) in [6.07, 6.45) is 4.76. The smallest absolute Gasteiger partial charge is 0.0667 e. The van der Waals surface area contributed by atoms with Crippen LogP contribution in [0.3, 0.4) is 0 Å². The fraction of sp³-hybridized carbons (Fsp3) is 0.583. The first-order chi connectivity index (χ1) is 7.34. The zero-order valence-corrected chi connectivity index (χ0v) is 8.97. The predicted octanol–water partition coefficient (Wildman–Crippen LogP) is 1.08. The first-order valence-electron chi connectivity index (χ1n) is 5.65. The first-order valence-corrected chi connectivity index (χ1v) is 5.65. The van der Waals surface area contributed by atoms with Gasteiger partial charge in [0, 0.05) is 31.4 Å². The fourth-order valence-corrected chi connectivity index (χ4v) is 2.05. The number of hydrogen-bond donors (Lipinski definition) is 1. The maximum atomic E-state index is 9.52. The lowest BCUT2D eigenvalue weighted by molar-refractivity contribution is 0.0712. The van der Waals surface area contributed by atoms with E-state index >= 15 is 0 Å². The molecule has 0 bridgehead atoms. The van der Waals surface area contributed by atoms with E-state index in [1.165, 1.54) is 0 Å². The van der Waals surface area contributed by atoms with E-state index in [1.807, 2.05) is 18.3 Å². The molecule has 0 aromatic carbocycles. The molecule has 1 N–H and O–H groups in total. The number of hydrogen-bond acceptors (Lipinski definition) is 3. The number of rotatable bonds is 3. The Balaban J connectivity index is 1.78. The second-order valence-electron chi connectivity index (χ2n) is 4.17. The van der Waals surface area contributed by atoms with Gasteiger partial charge in [-0.2, -0.15) is 0 Å². The third kappa shape index (κ3) is 3.29. The zero-order valence-electron chi connectivity index (χ0n) is 8.97. The van der Waals surface area contributed by atoms with E-state index in [0.29, 0.717) is 0 Å². The number of likely N-dealkylation sites (tertiary alicyclic amines) is 1. The maximum absolute atomic E-state index is 9.52. The van der Waals surface area contributed by atoms with Crippen LogP contribution >= 0.6 is 0 Å². The van der Waals surface area contributed by atoms with Crippen molar-refractivity contribution in [3.05, 3.63) is 30.1 Å². The van der Waals surface area contributed by atoms with Gasteiger partial charge in [0.1, 0.15) is 0 Å². The molecule has 2 heterocycles. The predicted molar refractivity (Wildman–Crippen MR) is 59.6 cm³/mol. The summed E-state index contributed by atoms with van der Waals surface area (Å²) >= 11 is 0. The molecule has 0 spiro atoms. The summed E-state index contributed by atoms with van der Waals surface area (Å²) in [4.78, 5) is 6.62. The van der Waals surface area contributed by atoms with Gasteiger partial charge in [-0.3, -0.25) is 4.98 Å². The first kappa shape index (κ1) is 10.6. The molecule has 1 unspecified atom stereocenters. The molecule has 3 nitrogen and oxygen atoms in total. The van der Waals surface area contributed by atoms with E-state index in [0.717, 1.165) is 44.6 Å². The largest absolute Gasteiger partial charge is 0.392 e. The van der Waals surface area contributed by atoms with E-state index in [2.05, 4.69) is 16.0 Å². The Morgan fingerprint density at radius 1 is 1.47 bits per heavy atom. The van der Waals surface area contributed by atoms with Crippen LogP contribution in [0.15, 0.2) is 24.4 Å². The van der Waals surface area contributed by atoms with E-state index in [9.17, 15) is 5.11 Å². The standard InChI is InChI=1S/C12H18N2O/c15-12-5-3-8-14(10-12)9-6-11-4-1-2-7-13-11/h1-2,4,7,12,15H,3,5-6,8-10H2. The zero-order chi connectivity index (χ0) is 10.5. The highest BCUT2D eigenvalue weighted by atomic mass is 16.3. The highest BCUT2D eigenvalue weighted by Crippen LogP contribution is 2.10. The highest BCUT2D eigenvalue weighted by molar-refractivity contribution is 5.03. The van der Waals surface area contributed by atoms with Crippen LogP contribution in [0.1, 0.15) is 18.5 Å². The van der Waals surface area contributed by atoms with Crippen LogP contribution in [0.5, 0.6) is 0 Å². The summed E-state index contributed by atoms with van der Waals surface area (Å²) in [7, 11) is 0. The van der Waals surface area contributed by atoms with Gasteiger partial charge >= 0.3 is 0 Å². The fourth-order valence-electron chi connectivity index (χ4n) is 2.05. The van der Waals surface area contributed by atoms with Crippen molar-refractivity contribution in [2.24, 2.45) is 0 Å². The van der Waals surface area contributed by atoms with Gasteiger partial charge in [-0.15, -0.1) is 0 Å². The third-order valence-corrected chi connectivity index (χ3v) is 2.89. The topological polar surface area (TPSA) is 36.4 Å². The summed E-state index contributed by atoms with van der Waals surface area (Å²) in [5, 5.41) is 9.52. The molecule has 1 fully saturated rings. The lowest BCUT2D eigenvalue weighted by Gasteiger charge is -2.29. The quantitative estimate of drug-likeness (QED) is 0.804. The second-order valence-corrected chi connectivity index (χ2v) is 4.17. The molecule has 1 aromatic rings. The Morgan fingerprint density at radius 2 is 2.40 bits per heavy atom. The van der Waals surface area contributed by atoms with Crippen LogP contribution in [-0.4, -0.2) is 40.7 Å². The van der Waals surface area contributed by atoms with Gasteiger partial charge < -0.3 is 10.0 Å². The monoisotopic (exact) mass is 206 g/mol. The third-order valence-electron chi connectivity index (χ3n) is 2.89. The number of nitrogens with zero attached hydrogens (tertiary/aromatic N) is 2. The molecular formula is C12H18N2O. The van der Waals surface area contributed by atoms with Crippen molar-refractivity contribution in [3.8, 4) is 0 Å². The van der Waals surface area contributed by atoms with Gasteiger partial charge in [0.2, 0.25) is 0 Å². The minimum Gasteiger partial charge on any atom is -0.392 e. The number of pyridine rings is 1. The van der Waals surface area contributed by atoms with Crippen LogP contribution in [0.25, 0.3) is 0 Å². The van der Waals surface area contributed by atoms with Crippen LogP contribution in [-0.2, 0) is 6.42 Å². The van der Waals surface area contributed by atoms with E-state index in [1.54, 1.807) is 0 Å². The molecule has 0 saturated carbocycles. The molecule has 1 aliphatic rings. The van der Waals surface area contributed by atoms with Crippen LogP contribution in [0.4, 0.5) is 0 Å². The van der Waals surface area contributed by atoms with E-state index in [-0.39, 0.29) is 6.10 Å². The van der Waals surface area contributed by atoms with Gasteiger partial charge in [0.25, 0.3) is 0 Å². The summed E-state index contributed by atoms with van der Waals surface area (Å²) in [6.45, 7) is 2.95. The van der Waals surface area contributed by atoms with Crippen molar-refractivity contribution in [1.29, 1.82) is 0 Å². The van der Waals surface area contributed by atoms with Gasteiger partial charge in [-0.05, 0) is 31.5 Å². The second kappa shape index (κ2) is 5.24. The molecule has 0 aliphatic carbocycles. The number of aromatic nitrogens is 1. The maximum Gasteiger partial charge on any atom is 0.0667 e. The molecule has 1 aliphatic heterocycles. The van der Waals surface area contributed by atoms with Crippen LogP contribution in [0.2, 0.25) is 0 Å². The average Bonchev–Trinajstić information content (AvgIpc) is 2.28. The normalized spacial score (nSPS) is 22.9. The number of aliphatic hydroxyl groups excluding tert-OH is 1. The van der Waals surface area contributed by atoms with Crippen molar-refractivity contribution in [3.63, 3.8) is 0 Å². The highest BCUT2D eigenvalue weighted by Gasteiger charge is 2.16. The molecule has 2 rings (SSSR count). The molecule has 0 radical (unpaired) electrons. The lowest BCUT2D eigenvalue weighted by Crippen LogP contribution is -2.39. The van der Waals surface area contributed by atoms with Gasteiger partial charge in [-0.1, -0.05) is 6.07 Å². The summed E-state index contributed by atoms with van der Waals surface area (Å²) in [5.41, 5.74) is 1.14. The van der Waals surface area contributed by atoms with Crippen LogP contribution in [0, 0.1) is 0 Å². The van der Waals surface area contributed by atoms with Gasteiger partial charge in [0.15, 0.2) is 0 Å². The minimum atomic E-state index is -0.123. The lowest BCUT2D eigenvalue weighted by atomic mass is 10.1. The van der Waals surface area contributed by atoms with Gasteiger partial charge in [0.05, 0.1) is 6.10 Å². The Kier molecular flexibility index (Phi) is 3.69. The Morgan fingerprint density at radius 3 is 3.13 bits per heavy atom. The average molecular weight is 206 g/mol. The van der Waals surface area contributed by atoms with Crippen molar-refractivity contribution in [2.45, 2.75) is 25.4 Å². The van der Waals surface area contributed by atoms with Crippen molar-refractivity contribution < 1.29 is 5.11 Å². The number of aliphatic hydroxyl groups is 1. The van der Waals surface area contributed by atoms with E-state index in [4.69, 9.17) is 0 Å².